The van der Waals surface area contributed by atoms with Crippen LogP contribution in [0.4, 0.5) is 5.69 Å². The summed E-state index contributed by atoms with van der Waals surface area (Å²) in [6.45, 7) is 1.15. The maximum absolute atomic E-state index is 13.6. The molecule has 0 bridgehead atoms. The lowest BCUT2D eigenvalue weighted by molar-refractivity contribution is 0.0830. The number of benzene rings is 3. The number of nitrogens with one attached hydrogen (secondary N) is 3. The van der Waals surface area contributed by atoms with Crippen molar-refractivity contribution in [3.63, 3.8) is 0 Å². The average Bonchev–Trinajstić information content (AvgIpc) is 3.46. The highest BCUT2D eigenvalue weighted by molar-refractivity contribution is 7.92. The molecule has 0 aliphatic carbocycles. The van der Waals surface area contributed by atoms with Crippen molar-refractivity contribution in [2.24, 2.45) is 0 Å². The van der Waals surface area contributed by atoms with Gasteiger partial charge in [0.15, 0.2) is 0 Å². The quantitative estimate of drug-likeness (QED) is 0.216. The van der Waals surface area contributed by atoms with Crippen molar-refractivity contribution >= 4 is 32.5 Å². The standard InChI is InChI=1S/C31H36N4O5S/c1-40-25-11-7-10-23(16-25)20-32-21-30(36)28(17-22-8-3-2-4-9-22)34-31(37)24-18-27-26(12-13-33-27)29(19-24)35-14-5-6-15-41(35,38)39/h2-4,7-13,16,18-19,28,30,32-33,36H,5-6,14-15,17,20-21H2,1H3,(H,34,37)/t28-,30+/m0/s1. The molecule has 2 atom stereocenters. The molecule has 1 fully saturated rings. The monoisotopic (exact) mass is 576 g/mol. The van der Waals surface area contributed by atoms with Crippen molar-refractivity contribution in [3.8, 4) is 5.75 Å². The van der Waals surface area contributed by atoms with Crippen molar-refractivity contribution in [2.45, 2.75) is 38.0 Å². The first-order valence-corrected chi connectivity index (χ1v) is 15.4. The molecule has 216 valence electrons. The van der Waals surface area contributed by atoms with E-state index in [-0.39, 0.29) is 18.2 Å². The second-order valence-electron chi connectivity index (χ2n) is 10.3. The number of carbonyl (C=O) groups excluding carboxylic acids is 1. The van der Waals surface area contributed by atoms with Gasteiger partial charge in [-0.3, -0.25) is 9.10 Å². The Kier molecular flexibility index (Phi) is 8.92. The first kappa shape index (κ1) is 28.7. The maximum atomic E-state index is 13.6. The number of fused-ring (bicyclic) bond motifs is 1. The number of anilines is 1. The Hall–Kier alpha value is -3.86. The molecule has 0 unspecified atom stereocenters. The summed E-state index contributed by atoms with van der Waals surface area (Å²) in [7, 11) is -1.85. The summed E-state index contributed by atoms with van der Waals surface area (Å²) in [5, 5.41) is 18.3. The molecule has 4 N–H and O–H groups in total. The Morgan fingerprint density at radius 3 is 2.63 bits per heavy atom. The summed E-state index contributed by atoms with van der Waals surface area (Å²) in [5.74, 6) is 0.462. The van der Waals surface area contributed by atoms with Crippen LogP contribution in [0.15, 0.2) is 79.0 Å². The summed E-state index contributed by atoms with van der Waals surface area (Å²) < 4.78 is 32.5. The molecule has 1 aromatic heterocycles. The van der Waals surface area contributed by atoms with E-state index in [9.17, 15) is 18.3 Å². The van der Waals surface area contributed by atoms with Gasteiger partial charge in [0.25, 0.3) is 5.91 Å². The lowest BCUT2D eigenvalue weighted by Crippen LogP contribution is -2.48. The highest BCUT2D eigenvalue weighted by Crippen LogP contribution is 2.32. The molecule has 0 saturated carbocycles. The molecule has 5 rings (SSSR count). The number of hydrogen-bond donors (Lipinski definition) is 4. The summed E-state index contributed by atoms with van der Waals surface area (Å²) in [6, 6.07) is 22.0. The van der Waals surface area contributed by atoms with Crippen LogP contribution in [0.25, 0.3) is 10.9 Å². The van der Waals surface area contributed by atoms with Crippen LogP contribution in [0.2, 0.25) is 0 Å². The van der Waals surface area contributed by atoms with Gasteiger partial charge in [-0.25, -0.2) is 8.42 Å². The number of nitrogens with zero attached hydrogens (tertiary/aromatic N) is 1. The van der Waals surface area contributed by atoms with Crippen LogP contribution in [0.1, 0.15) is 34.3 Å². The number of aromatic nitrogens is 1. The number of rotatable bonds is 11. The third kappa shape index (κ3) is 6.90. The molecule has 2 heterocycles. The first-order valence-electron chi connectivity index (χ1n) is 13.8. The molecule has 41 heavy (non-hydrogen) atoms. The van der Waals surface area contributed by atoms with Crippen molar-refractivity contribution in [1.29, 1.82) is 0 Å². The second-order valence-corrected chi connectivity index (χ2v) is 12.4. The normalized spacial score (nSPS) is 16.3. The minimum Gasteiger partial charge on any atom is -0.497 e. The molecular weight excluding hydrogens is 540 g/mol. The molecule has 10 heteroatoms. The Morgan fingerprint density at radius 1 is 1.05 bits per heavy atom. The van der Waals surface area contributed by atoms with E-state index in [1.807, 2.05) is 60.7 Å². The van der Waals surface area contributed by atoms with E-state index in [2.05, 4.69) is 15.6 Å². The predicted molar refractivity (Wildman–Crippen MR) is 161 cm³/mol. The molecule has 4 aromatic rings. The fourth-order valence-corrected chi connectivity index (χ4v) is 6.88. The van der Waals surface area contributed by atoms with Crippen LogP contribution in [-0.2, 0) is 23.0 Å². The largest absolute Gasteiger partial charge is 0.497 e. The van der Waals surface area contributed by atoms with Gasteiger partial charge in [-0.2, -0.15) is 0 Å². The highest BCUT2D eigenvalue weighted by Gasteiger charge is 2.29. The number of amides is 1. The third-order valence-corrected chi connectivity index (χ3v) is 9.28. The van der Waals surface area contributed by atoms with Crippen LogP contribution in [0, 0.1) is 0 Å². The minimum absolute atomic E-state index is 0.0868. The van der Waals surface area contributed by atoms with E-state index < -0.39 is 22.2 Å². The zero-order valence-corrected chi connectivity index (χ0v) is 23.9. The van der Waals surface area contributed by atoms with Gasteiger partial charge in [0, 0.05) is 42.3 Å². The van der Waals surface area contributed by atoms with Gasteiger partial charge in [-0.1, -0.05) is 42.5 Å². The van der Waals surface area contributed by atoms with Gasteiger partial charge in [-0.05, 0) is 60.7 Å². The molecule has 1 aliphatic rings. The fourth-order valence-electron chi connectivity index (χ4n) is 5.24. The predicted octanol–water partition coefficient (Wildman–Crippen LogP) is 3.60. The zero-order valence-electron chi connectivity index (χ0n) is 23.0. The molecular formula is C31H36N4O5S. The Bertz CT molecular complexity index is 1590. The number of aliphatic hydroxyl groups excluding tert-OH is 1. The summed E-state index contributed by atoms with van der Waals surface area (Å²) in [6.07, 6.45) is 2.66. The molecule has 1 amide bonds. The van der Waals surface area contributed by atoms with Crippen molar-refractivity contribution in [1.82, 2.24) is 15.6 Å². The van der Waals surface area contributed by atoms with Gasteiger partial charge in [0.1, 0.15) is 5.75 Å². The van der Waals surface area contributed by atoms with Crippen LogP contribution >= 0.6 is 0 Å². The molecule has 0 spiro atoms. The SMILES string of the molecule is COc1cccc(CNC[C@@H](O)[C@H](Cc2ccccc2)NC(=O)c2cc(N3CCCCS3(=O)=O)c3cc[nH]c3c2)c1. The van der Waals surface area contributed by atoms with Gasteiger partial charge < -0.3 is 25.5 Å². The first-order chi connectivity index (χ1) is 19.8. The van der Waals surface area contributed by atoms with Gasteiger partial charge in [-0.15, -0.1) is 0 Å². The molecule has 1 aliphatic heterocycles. The van der Waals surface area contributed by atoms with Crippen molar-refractivity contribution in [3.05, 3.63) is 95.7 Å². The Morgan fingerprint density at radius 2 is 1.85 bits per heavy atom. The maximum Gasteiger partial charge on any atom is 0.251 e. The lowest BCUT2D eigenvalue weighted by Gasteiger charge is -2.29. The van der Waals surface area contributed by atoms with Crippen molar-refractivity contribution in [2.75, 3.05) is 30.3 Å². The Balaban J connectivity index is 1.36. The van der Waals surface area contributed by atoms with Crippen LogP contribution < -0.4 is 19.7 Å². The molecule has 3 aromatic carbocycles. The van der Waals surface area contributed by atoms with Gasteiger partial charge in [0.2, 0.25) is 10.0 Å². The Labute approximate surface area is 240 Å². The van der Waals surface area contributed by atoms with Gasteiger partial charge >= 0.3 is 0 Å². The highest BCUT2D eigenvalue weighted by atomic mass is 32.2. The zero-order chi connectivity index (χ0) is 28.8. The van der Waals surface area contributed by atoms with Gasteiger partial charge in [0.05, 0.1) is 30.7 Å². The number of methoxy groups -OCH3 is 1. The number of H-pyrrole nitrogens is 1. The number of aliphatic hydroxyl groups is 1. The summed E-state index contributed by atoms with van der Waals surface area (Å²) in [4.78, 5) is 16.8. The van der Waals surface area contributed by atoms with E-state index in [1.165, 1.54) is 4.31 Å². The minimum atomic E-state index is -3.47. The van der Waals surface area contributed by atoms with Crippen molar-refractivity contribution < 1.29 is 23.1 Å². The smallest absolute Gasteiger partial charge is 0.251 e. The molecule has 1 saturated heterocycles. The van der Waals surface area contributed by atoms with Crippen LogP contribution in [0.3, 0.4) is 0 Å². The molecule has 0 radical (unpaired) electrons. The number of sulfonamides is 1. The fraction of sp³-hybridized carbons (Fsp3) is 0.323. The topological polar surface area (TPSA) is 124 Å². The van der Waals surface area contributed by atoms with Crippen LogP contribution in [-0.4, -0.2) is 62.5 Å². The lowest BCUT2D eigenvalue weighted by atomic mass is 10.00. The van der Waals surface area contributed by atoms with E-state index in [1.54, 1.807) is 25.4 Å². The number of aromatic amines is 1. The van der Waals surface area contributed by atoms with E-state index in [0.717, 1.165) is 28.7 Å². The van der Waals surface area contributed by atoms with Crippen LogP contribution in [0.5, 0.6) is 5.75 Å². The molecule has 9 nitrogen and oxygen atoms in total. The summed E-state index contributed by atoms with van der Waals surface area (Å²) >= 11 is 0. The van der Waals surface area contributed by atoms with E-state index >= 15 is 0 Å². The van der Waals surface area contributed by atoms with E-state index in [0.29, 0.717) is 42.7 Å². The average molecular weight is 577 g/mol. The third-order valence-electron chi connectivity index (χ3n) is 7.42. The van der Waals surface area contributed by atoms with E-state index in [4.69, 9.17) is 4.74 Å². The number of ether oxygens (including phenoxy) is 1. The number of hydrogen-bond acceptors (Lipinski definition) is 6. The summed E-state index contributed by atoms with van der Waals surface area (Å²) in [5.41, 5.74) is 3.48. The number of carbonyl (C=O) groups is 1. The second kappa shape index (κ2) is 12.8.